The summed E-state index contributed by atoms with van der Waals surface area (Å²) in [6.07, 6.45) is 3.05. The van der Waals surface area contributed by atoms with Gasteiger partial charge in [0, 0.05) is 24.4 Å². The van der Waals surface area contributed by atoms with Crippen molar-refractivity contribution in [3.05, 3.63) is 70.2 Å². The molecule has 0 unspecified atom stereocenters. The fourth-order valence-corrected chi connectivity index (χ4v) is 2.36. The van der Waals surface area contributed by atoms with E-state index in [0.29, 0.717) is 22.3 Å². The van der Waals surface area contributed by atoms with Gasteiger partial charge in [-0.25, -0.2) is 4.79 Å². The zero-order valence-corrected chi connectivity index (χ0v) is 13.4. The van der Waals surface area contributed by atoms with Gasteiger partial charge in [-0.05, 0) is 42.0 Å². The summed E-state index contributed by atoms with van der Waals surface area (Å²) >= 11 is 0. The molecule has 0 atom stereocenters. The zero-order valence-electron chi connectivity index (χ0n) is 13.4. The average molecular weight is 336 g/mol. The lowest BCUT2D eigenvalue weighted by molar-refractivity contribution is -0.111. The Bertz CT molecular complexity index is 1010. The van der Waals surface area contributed by atoms with Crippen molar-refractivity contribution in [3.63, 3.8) is 0 Å². The molecule has 0 fully saturated rings. The van der Waals surface area contributed by atoms with Crippen LogP contribution in [0.25, 0.3) is 17.1 Å². The van der Waals surface area contributed by atoms with Gasteiger partial charge in [0.15, 0.2) is 0 Å². The molecule has 7 nitrogen and oxygen atoms in total. The predicted octanol–water partition coefficient (Wildman–Crippen LogP) is 1.87. The Labute approximate surface area is 142 Å². The molecule has 126 valence electrons. The molecule has 2 amide bonds. The molecule has 0 aliphatic heterocycles. The number of fused-ring (bicyclic) bond motifs is 1. The van der Waals surface area contributed by atoms with Crippen molar-refractivity contribution in [2.75, 3.05) is 12.4 Å². The molecule has 4 N–H and O–H groups in total. The Balaban J connectivity index is 1.67. The van der Waals surface area contributed by atoms with E-state index < -0.39 is 0 Å². The summed E-state index contributed by atoms with van der Waals surface area (Å²) in [5.41, 5.74) is 2.93. The lowest BCUT2D eigenvalue weighted by atomic mass is 10.1. The minimum absolute atomic E-state index is 0.161. The van der Waals surface area contributed by atoms with Crippen molar-refractivity contribution in [2.24, 2.45) is 0 Å². The van der Waals surface area contributed by atoms with E-state index in [0.717, 1.165) is 5.56 Å². The normalized spacial score (nSPS) is 10.9. The highest BCUT2D eigenvalue weighted by Crippen LogP contribution is 2.14. The summed E-state index contributed by atoms with van der Waals surface area (Å²) in [6.45, 7) is 0. The van der Waals surface area contributed by atoms with Crippen molar-refractivity contribution in [1.29, 1.82) is 0 Å². The van der Waals surface area contributed by atoms with Crippen molar-refractivity contribution < 1.29 is 9.59 Å². The molecule has 2 aromatic carbocycles. The van der Waals surface area contributed by atoms with Crippen LogP contribution in [0.4, 0.5) is 5.69 Å². The maximum atomic E-state index is 12.0. The van der Waals surface area contributed by atoms with E-state index in [1.807, 2.05) is 0 Å². The predicted molar refractivity (Wildman–Crippen MR) is 96.4 cm³/mol. The van der Waals surface area contributed by atoms with Gasteiger partial charge in [0.1, 0.15) is 0 Å². The van der Waals surface area contributed by atoms with Gasteiger partial charge in [-0.3, -0.25) is 9.59 Å². The number of imidazole rings is 1. The van der Waals surface area contributed by atoms with Crippen LogP contribution in [-0.2, 0) is 4.79 Å². The smallest absolute Gasteiger partial charge is 0.323 e. The van der Waals surface area contributed by atoms with Crippen LogP contribution in [0.15, 0.2) is 53.3 Å². The molecule has 0 radical (unpaired) electrons. The number of H-pyrrole nitrogens is 2. The highest BCUT2D eigenvalue weighted by atomic mass is 16.2. The third kappa shape index (κ3) is 3.84. The second-order valence-electron chi connectivity index (χ2n) is 5.36. The van der Waals surface area contributed by atoms with Crippen LogP contribution in [0.2, 0.25) is 0 Å². The van der Waals surface area contributed by atoms with Crippen LogP contribution in [0.3, 0.4) is 0 Å². The average Bonchev–Trinajstić information content (AvgIpc) is 2.99. The van der Waals surface area contributed by atoms with Gasteiger partial charge < -0.3 is 20.6 Å². The molecule has 0 spiro atoms. The van der Waals surface area contributed by atoms with E-state index in [2.05, 4.69) is 20.6 Å². The molecule has 0 saturated carbocycles. The molecule has 0 aliphatic rings. The number of amides is 2. The number of hydrogen-bond acceptors (Lipinski definition) is 3. The molecular formula is C18H16N4O3. The van der Waals surface area contributed by atoms with Crippen molar-refractivity contribution >= 4 is 34.6 Å². The van der Waals surface area contributed by atoms with Crippen molar-refractivity contribution in [2.45, 2.75) is 0 Å². The molecule has 25 heavy (non-hydrogen) atoms. The molecule has 7 heteroatoms. The van der Waals surface area contributed by atoms with E-state index in [-0.39, 0.29) is 17.5 Å². The first-order chi connectivity index (χ1) is 12.0. The van der Waals surface area contributed by atoms with Crippen LogP contribution >= 0.6 is 0 Å². The summed E-state index contributed by atoms with van der Waals surface area (Å²) in [5.74, 6) is -0.459. The number of anilines is 1. The Morgan fingerprint density at radius 1 is 1.00 bits per heavy atom. The van der Waals surface area contributed by atoms with Crippen LogP contribution in [-0.4, -0.2) is 28.8 Å². The van der Waals surface area contributed by atoms with Gasteiger partial charge in [-0.2, -0.15) is 0 Å². The zero-order chi connectivity index (χ0) is 17.8. The fourth-order valence-electron chi connectivity index (χ4n) is 2.36. The Kier molecular flexibility index (Phi) is 4.47. The molecule has 0 aliphatic carbocycles. The van der Waals surface area contributed by atoms with Gasteiger partial charge >= 0.3 is 5.69 Å². The molecule has 1 heterocycles. The maximum Gasteiger partial charge on any atom is 0.323 e. The highest BCUT2D eigenvalue weighted by molar-refractivity contribution is 6.02. The number of carbonyl (C=O) groups excluding carboxylic acids is 2. The van der Waals surface area contributed by atoms with E-state index in [1.54, 1.807) is 55.6 Å². The molecule has 0 saturated heterocycles. The summed E-state index contributed by atoms with van der Waals surface area (Å²) in [7, 11) is 1.57. The quantitative estimate of drug-likeness (QED) is 0.546. The highest BCUT2D eigenvalue weighted by Gasteiger charge is 2.03. The van der Waals surface area contributed by atoms with Gasteiger partial charge in [0.05, 0.1) is 11.0 Å². The molecule has 0 bridgehead atoms. The second-order valence-corrected chi connectivity index (χ2v) is 5.36. The van der Waals surface area contributed by atoms with Gasteiger partial charge in [-0.15, -0.1) is 0 Å². The van der Waals surface area contributed by atoms with Crippen LogP contribution in [0, 0.1) is 0 Å². The minimum Gasteiger partial charge on any atom is -0.355 e. The number of benzene rings is 2. The summed E-state index contributed by atoms with van der Waals surface area (Å²) in [4.78, 5) is 40.0. The lowest BCUT2D eigenvalue weighted by Gasteiger charge is -2.02. The third-order valence-corrected chi connectivity index (χ3v) is 3.61. The lowest BCUT2D eigenvalue weighted by Crippen LogP contribution is -2.17. The van der Waals surface area contributed by atoms with E-state index in [4.69, 9.17) is 0 Å². The SMILES string of the molecule is CNC(=O)c1ccc(/C=C/C(=O)Nc2ccc3[nH]c(=O)[nH]c3c2)cc1. The number of aromatic amines is 2. The number of nitrogens with one attached hydrogen (secondary N) is 4. The molecular weight excluding hydrogens is 320 g/mol. The number of aromatic nitrogens is 2. The first-order valence-corrected chi connectivity index (χ1v) is 7.58. The monoisotopic (exact) mass is 336 g/mol. The topological polar surface area (TPSA) is 107 Å². The van der Waals surface area contributed by atoms with E-state index in [9.17, 15) is 14.4 Å². The first kappa shape index (κ1) is 16.3. The van der Waals surface area contributed by atoms with Crippen molar-refractivity contribution in [1.82, 2.24) is 15.3 Å². The van der Waals surface area contributed by atoms with Crippen LogP contribution in [0.5, 0.6) is 0 Å². The Morgan fingerprint density at radius 2 is 1.72 bits per heavy atom. The number of rotatable bonds is 4. The van der Waals surface area contributed by atoms with Crippen LogP contribution in [0.1, 0.15) is 15.9 Å². The second kappa shape index (κ2) is 6.88. The maximum absolute atomic E-state index is 12.0. The largest absolute Gasteiger partial charge is 0.355 e. The van der Waals surface area contributed by atoms with Crippen molar-refractivity contribution in [3.8, 4) is 0 Å². The summed E-state index contributed by atoms with van der Waals surface area (Å²) in [5, 5.41) is 5.27. The molecule has 3 aromatic rings. The minimum atomic E-state index is -0.299. The summed E-state index contributed by atoms with van der Waals surface area (Å²) in [6, 6.07) is 12.0. The van der Waals surface area contributed by atoms with Crippen LogP contribution < -0.4 is 16.3 Å². The Hall–Kier alpha value is -3.61. The van der Waals surface area contributed by atoms with Gasteiger partial charge in [0.25, 0.3) is 5.91 Å². The third-order valence-electron chi connectivity index (χ3n) is 3.61. The van der Waals surface area contributed by atoms with Gasteiger partial charge in [0.2, 0.25) is 5.91 Å². The van der Waals surface area contributed by atoms with E-state index >= 15 is 0 Å². The van der Waals surface area contributed by atoms with E-state index in [1.165, 1.54) is 6.08 Å². The number of hydrogen-bond donors (Lipinski definition) is 4. The van der Waals surface area contributed by atoms with Gasteiger partial charge in [-0.1, -0.05) is 12.1 Å². The molecule has 3 rings (SSSR count). The molecule has 1 aromatic heterocycles. The first-order valence-electron chi connectivity index (χ1n) is 7.58. The Morgan fingerprint density at radius 3 is 2.44 bits per heavy atom. The fraction of sp³-hybridized carbons (Fsp3) is 0.0556. The standard InChI is InChI=1S/C18H16N4O3/c1-19-17(24)12-5-2-11(3-6-12)4-9-16(23)20-13-7-8-14-15(10-13)22-18(25)21-14/h2-10H,1H3,(H,19,24)(H,20,23)(H2,21,22,25)/b9-4+. The summed E-state index contributed by atoms with van der Waals surface area (Å²) < 4.78 is 0. The number of carbonyl (C=O) groups is 2.